The van der Waals surface area contributed by atoms with Crippen LogP contribution in [0.15, 0.2) is 16.3 Å². The highest BCUT2D eigenvalue weighted by molar-refractivity contribution is 7.89. The Morgan fingerprint density at radius 3 is 2.58 bits per heavy atom. The number of hydrogen-bond acceptors (Lipinski definition) is 4. The Kier molecular flexibility index (Phi) is 6.46. The van der Waals surface area contributed by atoms with E-state index in [2.05, 4.69) is 19.2 Å². The third-order valence-corrected chi connectivity index (χ3v) is 5.93. The Balaban J connectivity index is 2.98. The van der Waals surface area contributed by atoms with Gasteiger partial charge in [0, 0.05) is 30.6 Å². The summed E-state index contributed by atoms with van der Waals surface area (Å²) < 4.78 is 26.7. The molecule has 0 unspecified atom stereocenters. The Morgan fingerprint density at radius 2 is 2.05 bits per heavy atom. The van der Waals surface area contributed by atoms with E-state index in [1.54, 1.807) is 10.4 Å². The zero-order chi connectivity index (χ0) is 14.5. The molecule has 1 aromatic heterocycles. The highest BCUT2D eigenvalue weighted by atomic mass is 32.2. The average Bonchev–Trinajstić information content (AvgIpc) is 2.82. The largest absolute Gasteiger partial charge is 0.310 e. The van der Waals surface area contributed by atoms with Gasteiger partial charge in [-0.15, -0.1) is 11.3 Å². The van der Waals surface area contributed by atoms with Crippen LogP contribution in [0.2, 0.25) is 0 Å². The van der Waals surface area contributed by atoms with Gasteiger partial charge < -0.3 is 5.32 Å². The summed E-state index contributed by atoms with van der Waals surface area (Å²) in [5, 5.41) is 5.13. The van der Waals surface area contributed by atoms with Crippen molar-refractivity contribution in [2.75, 3.05) is 13.1 Å². The molecule has 0 bridgehead atoms. The van der Waals surface area contributed by atoms with Crippen LogP contribution >= 0.6 is 11.3 Å². The average molecular weight is 304 g/mol. The van der Waals surface area contributed by atoms with Crippen molar-refractivity contribution in [2.24, 2.45) is 0 Å². The van der Waals surface area contributed by atoms with Gasteiger partial charge in [-0.2, -0.15) is 4.31 Å². The van der Waals surface area contributed by atoms with Crippen LogP contribution < -0.4 is 5.32 Å². The summed E-state index contributed by atoms with van der Waals surface area (Å²) in [6, 6.07) is 2.06. The summed E-state index contributed by atoms with van der Waals surface area (Å²) in [5.41, 5.74) is 0. The van der Waals surface area contributed by atoms with E-state index >= 15 is 0 Å². The number of sulfonamides is 1. The molecular weight excluding hydrogens is 280 g/mol. The van der Waals surface area contributed by atoms with Gasteiger partial charge in [-0.05, 0) is 17.9 Å². The van der Waals surface area contributed by atoms with E-state index in [-0.39, 0.29) is 0 Å². The number of nitrogens with zero attached hydrogens (tertiary/aromatic N) is 1. The van der Waals surface area contributed by atoms with E-state index in [0.29, 0.717) is 30.6 Å². The Morgan fingerprint density at radius 1 is 1.37 bits per heavy atom. The SMILES string of the molecule is CCCN(CC)S(=O)(=O)c1ccsc1CNC(C)C. The third kappa shape index (κ3) is 4.27. The Hall–Kier alpha value is -0.430. The van der Waals surface area contributed by atoms with Crippen molar-refractivity contribution >= 4 is 21.4 Å². The molecule has 1 aromatic rings. The zero-order valence-electron chi connectivity index (χ0n) is 12.1. The fourth-order valence-electron chi connectivity index (χ4n) is 1.82. The standard InChI is InChI=1S/C13H24N2O2S2/c1-5-8-15(6-2)19(16,17)13-7-9-18-12(13)10-14-11(3)4/h7,9,11,14H,5-6,8,10H2,1-4H3. The number of rotatable bonds is 8. The molecule has 0 spiro atoms. The van der Waals surface area contributed by atoms with Crippen molar-refractivity contribution in [1.82, 2.24) is 9.62 Å². The van der Waals surface area contributed by atoms with Crippen molar-refractivity contribution in [3.8, 4) is 0 Å². The molecule has 0 aliphatic heterocycles. The van der Waals surface area contributed by atoms with Gasteiger partial charge in [0.15, 0.2) is 0 Å². The fourth-order valence-corrected chi connectivity index (χ4v) is 4.73. The van der Waals surface area contributed by atoms with Crippen LogP contribution in [0.5, 0.6) is 0 Å². The van der Waals surface area contributed by atoms with Crippen molar-refractivity contribution in [3.63, 3.8) is 0 Å². The molecule has 4 nitrogen and oxygen atoms in total. The molecular formula is C13H24N2O2S2. The van der Waals surface area contributed by atoms with Crippen LogP contribution in [0.4, 0.5) is 0 Å². The van der Waals surface area contributed by atoms with Gasteiger partial charge in [-0.25, -0.2) is 8.42 Å². The third-order valence-electron chi connectivity index (χ3n) is 2.82. The van der Waals surface area contributed by atoms with Crippen LogP contribution in [0.25, 0.3) is 0 Å². The highest BCUT2D eigenvalue weighted by Crippen LogP contribution is 2.25. The normalized spacial score (nSPS) is 12.5. The summed E-state index contributed by atoms with van der Waals surface area (Å²) in [6.45, 7) is 9.68. The molecule has 0 aromatic carbocycles. The van der Waals surface area contributed by atoms with E-state index in [9.17, 15) is 8.42 Å². The highest BCUT2D eigenvalue weighted by Gasteiger charge is 2.25. The molecule has 19 heavy (non-hydrogen) atoms. The maximum absolute atomic E-state index is 12.6. The van der Waals surface area contributed by atoms with Crippen LogP contribution in [0, 0.1) is 0 Å². The van der Waals surface area contributed by atoms with Gasteiger partial charge in [-0.1, -0.05) is 27.7 Å². The fraction of sp³-hybridized carbons (Fsp3) is 0.692. The first-order valence-corrected chi connectivity index (χ1v) is 9.05. The molecule has 0 saturated heterocycles. The topological polar surface area (TPSA) is 49.4 Å². The second-order valence-electron chi connectivity index (χ2n) is 4.74. The van der Waals surface area contributed by atoms with E-state index in [0.717, 1.165) is 11.3 Å². The minimum Gasteiger partial charge on any atom is -0.310 e. The van der Waals surface area contributed by atoms with Crippen molar-refractivity contribution in [1.29, 1.82) is 0 Å². The lowest BCUT2D eigenvalue weighted by Crippen LogP contribution is -2.32. The lowest BCUT2D eigenvalue weighted by Gasteiger charge is -2.20. The van der Waals surface area contributed by atoms with Gasteiger partial charge in [0.1, 0.15) is 0 Å². The second kappa shape index (κ2) is 7.38. The molecule has 0 amide bonds. The number of hydrogen-bond donors (Lipinski definition) is 1. The van der Waals surface area contributed by atoms with Crippen LogP contribution in [-0.4, -0.2) is 31.9 Å². The van der Waals surface area contributed by atoms with Crippen molar-refractivity contribution < 1.29 is 8.42 Å². The monoisotopic (exact) mass is 304 g/mol. The lowest BCUT2D eigenvalue weighted by atomic mass is 10.4. The van der Waals surface area contributed by atoms with Gasteiger partial charge in [-0.3, -0.25) is 0 Å². The zero-order valence-corrected chi connectivity index (χ0v) is 13.8. The summed E-state index contributed by atoms with van der Waals surface area (Å²) in [5.74, 6) is 0. The molecule has 0 radical (unpaired) electrons. The maximum atomic E-state index is 12.6. The number of nitrogens with one attached hydrogen (secondary N) is 1. The summed E-state index contributed by atoms with van der Waals surface area (Å²) >= 11 is 1.50. The minimum atomic E-state index is -3.34. The van der Waals surface area contributed by atoms with Crippen molar-refractivity contribution in [2.45, 2.75) is 51.6 Å². The molecule has 0 aliphatic rings. The lowest BCUT2D eigenvalue weighted by molar-refractivity contribution is 0.426. The van der Waals surface area contributed by atoms with E-state index in [1.165, 1.54) is 11.3 Å². The quantitative estimate of drug-likeness (QED) is 0.803. The van der Waals surface area contributed by atoms with Crippen molar-refractivity contribution in [3.05, 3.63) is 16.3 Å². The number of thiophene rings is 1. The maximum Gasteiger partial charge on any atom is 0.244 e. The predicted octanol–water partition coefficient (Wildman–Crippen LogP) is 2.67. The molecule has 0 saturated carbocycles. The Bertz CT molecular complexity index is 481. The van der Waals surface area contributed by atoms with E-state index < -0.39 is 10.0 Å². The molecule has 110 valence electrons. The molecule has 0 aliphatic carbocycles. The van der Waals surface area contributed by atoms with E-state index in [1.807, 2.05) is 19.2 Å². The van der Waals surface area contributed by atoms with Gasteiger partial charge in [0.2, 0.25) is 10.0 Å². The minimum absolute atomic E-state index is 0.343. The summed E-state index contributed by atoms with van der Waals surface area (Å²) in [6.07, 6.45) is 0.830. The molecule has 1 rings (SSSR count). The van der Waals surface area contributed by atoms with Crippen LogP contribution in [0.3, 0.4) is 0 Å². The Labute approximate surface area is 120 Å². The summed E-state index contributed by atoms with van der Waals surface area (Å²) in [4.78, 5) is 1.35. The second-order valence-corrected chi connectivity index (χ2v) is 7.65. The van der Waals surface area contributed by atoms with Gasteiger partial charge in [0.25, 0.3) is 0 Å². The van der Waals surface area contributed by atoms with Gasteiger partial charge >= 0.3 is 0 Å². The molecule has 6 heteroatoms. The molecule has 0 fully saturated rings. The predicted molar refractivity (Wildman–Crippen MR) is 81.0 cm³/mol. The van der Waals surface area contributed by atoms with E-state index in [4.69, 9.17) is 0 Å². The smallest absolute Gasteiger partial charge is 0.244 e. The first kappa shape index (κ1) is 16.6. The van der Waals surface area contributed by atoms with Crippen LogP contribution in [0.1, 0.15) is 39.0 Å². The molecule has 1 heterocycles. The molecule has 0 atom stereocenters. The first-order chi connectivity index (χ1) is 8.93. The molecule has 1 N–H and O–H groups in total. The first-order valence-electron chi connectivity index (χ1n) is 6.73. The summed E-state index contributed by atoms with van der Waals surface area (Å²) in [7, 11) is -3.34. The van der Waals surface area contributed by atoms with Crippen LogP contribution in [-0.2, 0) is 16.6 Å². The van der Waals surface area contributed by atoms with Gasteiger partial charge in [0.05, 0.1) is 4.90 Å².